The van der Waals surface area contributed by atoms with Crippen LogP contribution >= 0.6 is 24.0 Å². The molecule has 4 heteroatoms. The number of ether oxygens (including phenoxy) is 1. The van der Waals surface area contributed by atoms with Crippen LogP contribution in [0.5, 0.6) is 0 Å². The molecule has 0 atom stereocenters. The Balaban J connectivity index is 0.00000144. The molecule has 1 heterocycles. The molecule has 2 nitrogen and oxygen atoms in total. The summed E-state index contributed by atoms with van der Waals surface area (Å²) < 4.78 is 5.41. The van der Waals surface area contributed by atoms with Gasteiger partial charge in [0.2, 0.25) is 0 Å². The van der Waals surface area contributed by atoms with Crippen molar-refractivity contribution in [1.29, 1.82) is 0 Å². The maximum Gasteiger partial charge on any atom is 0.0471 e. The van der Waals surface area contributed by atoms with Crippen molar-refractivity contribution in [2.45, 2.75) is 19.3 Å². The summed E-state index contributed by atoms with van der Waals surface area (Å²) in [6, 6.07) is 8.07. The maximum atomic E-state index is 5.93. The Bertz CT molecular complexity index is 334. The first kappa shape index (κ1) is 14.8. The first-order valence-corrected chi connectivity index (χ1v) is 6.14. The summed E-state index contributed by atoms with van der Waals surface area (Å²) in [6.45, 7) is 2.41. The second kappa shape index (κ2) is 6.60. The van der Waals surface area contributed by atoms with Crippen LogP contribution in [0.15, 0.2) is 24.3 Å². The van der Waals surface area contributed by atoms with E-state index in [0.29, 0.717) is 0 Å². The molecule has 0 aromatic heterocycles. The third-order valence-corrected chi connectivity index (χ3v) is 3.73. The topological polar surface area (TPSA) is 35.2 Å². The zero-order chi connectivity index (χ0) is 11.4. The first-order chi connectivity index (χ1) is 7.74. The molecule has 2 rings (SSSR count). The van der Waals surface area contributed by atoms with Crippen LogP contribution in [0, 0.1) is 5.41 Å². The smallest absolute Gasteiger partial charge is 0.0471 e. The molecule has 0 spiro atoms. The summed E-state index contributed by atoms with van der Waals surface area (Å²) in [5, 5.41) is 0.789. The van der Waals surface area contributed by atoms with Crippen molar-refractivity contribution in [2.75, 3.05) is 19.8 Å². The van der Waals surface area contributed by atoms with E-state index < -0.39 is 0 Å². The molecule has 1 saturated heterocycles. The molecular formula is C13H19Cl2NO. The largest absolute Gasteiger partial charge is 0.381 e. The van der Waals surface area contributed by atoms with Gasteiger partial charge in [-0.25, -0.2) is 0 Å². The number of halogens is 2. The summed E-state index contributed by atoms with van der Waals surface area (Å²) >= 11 is 5.88. The summed E-state index contributed by atoms with van der Waals surface area (Å²) in [5.74, 6) is 0. The van der Waals surface area contributed by atoms with Gasteiger partial charge in [-0.15, -0.1) is 12.4 Å². The van der Waals surface area contributed by atoms with Crippen LogP contribution in [0.3, 0.4) is 0 Å². The van der Waals surface area contributed by atoms with E-state index in [1.165, 1.54) is 5.56 Å². The molecule has 0 aliphatic carbocycles. The van der Waals surface area contributed by atoms with Crippen molar-refractivity contribution >= 4 is 24.0 Å². The van der Waals surface area contributed by atoms with Gasteiger partial charge >= 0.3 is 0 Å². The van der Waals surface area contributed by atoms with Crippen molar-refractivity contribution in [3.63, 3.8) is 0 Å². The Hall–Kier alpha value is -0.280. The van der Waals surface area contributed by atoms with E-state index in [1.807, 2.05) is 12.1 Å². The lowest BCUT2D eigenvalue weighted by Gasteiger charge is -2.36. The minimum atomic E-state index is 0. The minimum absolute atomic E-state index is 0. The van der Waals surface area contributed by atoms with Gasteiger partial charge in [-0.05, 0) is 48.9 Å². The number of nitrogens with two attached hydrogens (primary N) is 1. The highest BCUT2D eigenvalue weighted by Crippen LogP contribution is 2.33. The molecule has 0 radical (unpaired) electrons. The zero-order valence-corrected chi connectivity index (χ0v) is 11.4. The summed E-state index contributed by atoms with van der Waals surface area (Å²) in [7, 11) is 0. The van der Waals surface area contributed by atoms with E-state index in [-0.39, 0.29) is 17.8 Å². The standard InChI is InChI=1S/C13H18ClNO.ClH/c14-12-3-1-11(2-4-12)9-13(10-15)5-7-16-8-6-13;/h1-4H,5-10,15H2;1H. The molecule has 0 bridgehead atoms. The Kier molecular flexibility index (Phi) is 5.74. The molecule has 1 aromatic rings. The van der Waals surface area contributed by atoms with Crippen LogP contribution in [-0.2, 0) is 11.2 Å². The Morgan fingerprint density at radius 1 is 1.18 bits per heavy atom. The van der Waals surface area contributed by atoms with Crippen molar-refractivity contribution in [2.24, 2.45) is 11.1 Å². The second-order valence-corrected chi connectivity index (χ2v) is 5.06. The normalized spacial score (nSPS) is 18.5. The van der Waals surface area contributed by atoms with Crippen LogP contribution in [-0.4, -0.2) is 19.8 Å². The van der Waals surface area contributed by atoms with Gasteiger partial charge in [0.1, 0.15) is 0 Å². The summed E-state index contributed by atoms with van der Waals surface area (Å²) in [6.07, 6.45) is 3.16. The van der Waals surface area contributed by atoms with Gasteiger partial charge in [-0.1, -0.05) is 23.7 Å². The zero-order valence-electron chi connectivity index (χ0n) is 9.82. The van der Waals surface area contributed by atoms with Gasteiger partial charge in [-0.2, -0.15) is 0 Å². The number of benzene rings is 1. The van der Waals surface area contributed by atoms with E-state index in [9.17, 15) is 0 Å². The van der Waals surface area contributed by atoms with Crippen LogP contribution in [0.4, 0.5) is 0 Å². The summed E-state index contributed by atoms with van der Waals surface area (Å²) in [4.78, 5) is 0. The second-order valence-electron chi connectivity index (χ2n) is 4.62. The third-order valence-electron chi connectivity index (χ3n) is 3.48. The van der Waals surface area contributed by atoms with Gasteiger partial charge in [0, 0.05) is 18.2 Å². The lowest BCUT2D eigenvalue weighted by atomic mass is 9.75. The van der Waals surface area contributed by atoms with Crippen molar-refractivity contribution in [3.05, 3.63) is 34.9 Å². The van der Waals surface area contributed by atoms with Gasteiger partial charge in [-0.3, -0.25) is 0 Å². The van der Waals surface area contributed by atoms with Gasteiger partial charge in [0.05, 0.1) is 0 Å². The Labute approximate surface area is 114 Å². The van der Waals surface area contributed by atoms with Crippen LogP contribution < -0.4 is 5.73 Å². The van der Waals surface area contributed by atoms with Crippen LogP contribution in [0.25, 0.3) is 0 Å². The molecular weight excluding hydrogens is 257 g/mol. The van der Waals surface area contributed by atoms with E-state index in [0.717, 1.165) is 44.0 Å². The molecule has 1 aliphatic heterocycles. The molecule has 0 unspecified atom stereocenters. The Morgan fingerprint density at radius 3 is 2.29 bits per heavy atom. The highest BCUT2D eigenvalue weighted by atomic mass is 35.5. The lowest BCUT2D eigenvalue weighted by molar-refractivity contribution is 0.0191. The fourth-order valence-electron chi connectivity index (χ4n) is 2.29. The van der Waals surface area contributed by atoms with Gasteiger partial charge in [0.15, 0.2) is 0 Å². The average molecular weight is 276 g/mol. The third kappa shape index (κ3) is 3.85. The molecule has 1 aromatic carbocycles. The maximum absolute atomic E-state index is 5.93. The predicted molar refractivity (Wildman–Crippen MR) is 73.9 cm³/mol. The molecule has 0 saturated carbocycles. The quantitative estimate of drug-likeness (QED) is 0.920. The molecule has 96 valence electrons. The predicted octanol–water partition coefficient (Wildman–Crippen LogP) is 3.06. The van der Waals surface area contributed by atoms with Crippen molar-refractivity contribution in [1.82, 2.24) is 0 Å². The lowest BCUT2D eigenvalue weighted by Crippen LogP contribution is -2.38. The molecule has 1 fully saturated rings. The highest BCUT2D eigenvalue weighted by molar-refractivity contribution is 6.30. The van der Waals surface area contributed by atoms with Crippen molar-refractivity contribution in [3.8, 4) is 0 Å². The highest BCUT2D eigenvalue weighted by Gasteiger charge is 2.31. The fourth-order valence-corrected chi connectivity index (χ4v) is 2.42. The SMILES string of the molecule is Cl.NCC1(Cc2ccc(Cl)cc2)CCOCC1. The average Bonchev–Trinajstić information content (AvgIpc) is 2.33. The number of rotatable bonds is 3. The van der Waals surface area contributed by atoms with Gasteiger partial charge in [0.25, 0.3) is 0 Å². The first-order valence-electron chi connectivity index (χ1n) is 5.76. The monoisotopic (exact) mass is 275 g/mol. The van der Waals surface area contributed by atoms with Crippen LogP contribution in [0.2, 0.25) is 5.02 Å². The van der Waals surface area contributed by atoms with E-state index >= 15 is 0 Å². The van der Waals surface area contributed by atoms with E-state index in [2.05, 4.69) is 12.1 Å². The molecule has 0 amide bonds. The summed E-state index contributed by atoms with van der Waals surface area (Å²) in [5.41, 5.74) is 7.48. The number of hydrogen-bond donors (Lipinski definition) is 1. The van der Waals surface area contributed by atoms with Crippen LogP contribution in [0.1, 0.15) is 18.4 Å². The van der Waals surface area contributed by atoms with E-state index in [4.69, 9.17) is 22.1 Å². The molecule has 2 N–H and O–H groups in total. The molecule has 1 aliphatic rings. The molecule has 17 heavy (non-hydrogen) atoms. The minimum Gasteiger partial charge on any atom is -0.381 e. The Morgan fingerprint density at radius 2 is 1.76 bits per heavy atom. The van der Waals surface area contributed by atoms with Gasteiger partial charge < -0.3 is 10.5 Å². The van der Waals surface area contributed by atoms with Crippen molar-refractivity contribution < 1.29 is 4.74 Å². The fraction of sp³-hybridized carbons (Fsp3) is 0.538. The number of hydrogen-bond acceptors (Lipinski definition) is 2. The van der Waals surface area contributed by atoms with E-state index in [1.54, 1.807) is 0 Å².